The molecule has 4 atom stereocenters. The summed E-state index contributed by atoms with van der Waals surface area (Å²) in [6.07, 6.45) is 1.42. The van der Waals surface area contributed by atoms with Crippen molar-refractivity contribution in [3.63, 3.8) is 0 Å². The zero-order valence-electron chi connectivity index (χ0n) is 13.9. The summed E-state index contributed by atoms with van der Waals surface area (Å²) in [7, 11) is 0. The Morgan fingerprint density at radius 2 is 1.90 bits per heavy atom. The van der Waals surface area contributed by atoms with Gasteiger partial charge in [-0.2, -0.15) is 0 Å². The molecule has 2 saturated heterocycles. The van der Waals surface area contributed by atoms with Crippen LogP contribution in [0.15, 0.2) is 0 Å². The summed E-state index contributed by atoms with van der Waals surface area (Å²) >= 11 is 0. The van der Waals surface area contributed by atoms with Crippen LogP contribution in [-0.2, 0) is 4.79 Å². The molecule has 2 aliphatic rings. The summed E-state index contributed by atoms with van der Waals surface area (Å²) < 4.78 is 0. The summed E-state index contributed by atoms with van der Waals surface area (Å²) in [6.45, 7) is 12.4. The van der Waals surface area contributed by atoms with Gasteiger partial charge in [-0.3, -0.25) is 9.69 Å². The third-order valence-corrected chi connectivity index (χ3v) is 4.84. The largest absolute Gasteiger partial charge is 0.392 e. The second-order valence-corrected chi connectivity index (χ2v) is 7.73. The van der Waals surface area contributed by atoms with E-state index in [1.165, 1.54) is 6.42 Å². The third-order valence-electron chi connectivity index (χ3n) is 4.84. The number of carbonyl (C=O) groups is 1. The number of aliphatic hydroxyl groups excluding tert-OH is 1. The van der Waals surface area contributed by atoms with E-state index in [-0.39, 0.29) is 17.5 Å². The number of piperidine rings is 1. The lowest BCUT2D eigenvalue weighted by Crippen LogP contribution is -2.57. The minimum atomic E-state index is -0.391. The van der Waals surface area contributed by atoms with Gasteiger partial charge in [0.25, 0.3) is 0 Å². The molecule has 3 N–H and O–H groups in total. The number of carbonyl (C=O) groups excluding carboxylic acids is 1. The lowest BCUT2D eigenvalue weighted by atomic mass is 9.88. The highest BCUT2D eigenvalue weighted by Gasteiger charge is 2.34. The fraction of sp³-hybridized carbons (Fsp3) is 0.938. The van der Waals surface area contributed by atoms with Gasteiger partial charge in [-0.05, 0) is 38.5 Å². The molecule has 0 saturated carbocycles. The lowest BCUT2D eigenvalue weighted by molar-refractivity contribution is -0.123. The smallest absolute Gasteiger partial charge is 0.237 e. The van der Waals surface area contributed by atoms with Crippen LogP contribution >= 0.6 is 0 Å². The number of likely N-dealkylation sites (tertiary alicyclic amines) is 1. The van der Waals surface area contributed by atoms with Crippen LogP contribution in [0.1, 0.15) is 40.5 Å². The molecule has 0 aromatic carbocycles. The second-order valence-electron chi connectivity index (χ2n) is 7.73. The van der Waals surface area contributed by atoms with E-state index in [2.05, 4.69) is 43.2 Å². The van der Waals surface area contributed by atoms with Crippen LogP contribution < -0.4 is 10.6 Å². The first-order valence-corrected chi connectivity index (χ1v) is 8.22. The van der Waals surface area contributed by atoms with Crippen LogP contribution in [0.25, 0.3) is 0 Å². The van der Waals surface area contributed by atoms with E-state index in [0.29, 0.717) is 19.5 Å². The standard InChI is InChI=1S/C16H31N3O2/c1-11-5-12(2)9-19(8-11)16(3,4)10-18-15(21)14-6-13(20)7-17-14/h11-14,17,20H,5-10H2,1-4H3,(H,18,21). The van der Waals surface area contributed by atoms with Gasteiger partial charge in [0.05, 0.1) is 12.1 Å². The molecule has 4 unspecified atom stereocenters. The Morgan fingerprint density at radius 1 is 1.29 bits per heavy atom. The number of β-amino-alcohol motifs (C(OH)–C–C–N with tert-alkyl or cyclic N) is 1. The van der Waals surface area contributed by atoms with Crippen LogP contribution in [-0.4, -0.2) is 59.8 Å². The lowest BCUT2D eigenvalue weighted by Gasteiger charge is -2.45. The molecule has 0 spiro atoms. The van der Waals surface area contributed by atoms with Crippen LogP contribution in [0, 0.1) is 11.8 Å². The van der Waals surface area contributed by atoms with E-state index in [4.69, 9.17) is 0 Å². The molecular formula is C16H31N3O2. The highest BCUT2D eigenvalue weighted by molar-refractivity contribution is 5.82. The molecule has 2 aliphatic heterocycles. The number of rotatable bonds is 4. The van der Waals surface area contributed by atoms with Crippen LogP contribution in [0.3, 0.4) is 0 Å². The summed E-state index contributed by atoms with van der Waals surface area (Å²) in [4.78, 5) is 14.6. The summed E-state index contributed by atoms with van der Waals surface area (Å²) in [5.41, 5.74) is -0.0319. The maximum atomic E-state index is 12.1. The Kier molecular flexibility index (Phi) is 5.28. The monoisotopic (exact) mass is 297 g/mol. The van der Waals surface area contributed by atoms with Crippen molar-refractivity contribution in [2.75, 3.05) is 26.2 Å². The first kappa shape index (κ1) is 16.7. The number of hydrogen-bond donors (Lipinski definition) is 3. The first-order chi connectivity index (χ1) is 9.78. The van der Waals surface area contributed by atoms with Gasteiger partial charge in [0.15, 0.2) is 0 Å². The molecule has 5 nitrogen and oxygen atoms in total. The predicted molar refractivity (Wildman–Crippen MR) is 84.0 cm³/mol. The normalized spacial score (nSPS) is 34.9. The molecule has 1 amide bonds. The van der Waals surface area contributed by atoms with Gasteiger partial charge in [-0.15, -0.1) is 0 Å². The highest BCUT2D eigenvalue weighted by atomic mass is 16.3. The van der Waals surface area contributed by atoms with Gasteiger partial charge >= 0.3 is 0 Å². The number of aliphatic hydroxyl groups is 1. The maximum Gasteiger partial charge on any atom is 0.237 e. The van der Waals surface area contributed by atoms with Crippen molar-refractivity contribution in [2.24, 2.45) is 11.8 Å². The van der Waals surface area contributed by atoms with Gasteiger partial charge in [0.2, 0.25) is 5.91 Å². The Bertz CT molecular complexity index is 363. The quantitative estimate of drug-likeness (QED) is 0.710. The molecule has 2 rings (SSSR count). The van der Waals surface area contributed by atoms with Crippen molar-refractivity contribution in [1.29, 1.82) is 0 Å². The van der Waals surface area contributed by atoms with Crippen LogP contribution in [0.4, 0.5) is 0 Å². The Labute approximate surface area is 128 Å². The summed E-state index contributed by atoms with van der Waals surface area (Å²) in [5, 5.41) is 15.6. The molecule has 0 bridgehead atoms. The van der Waals surface area contributed by atoms with Gasteiger partial charge in [-0.1, -0.05) is 13.8 Å². The molecular weight excluding hydrogens is 266 g/mol. The number of nitrogens with zero attached hydrogens (tertiary/aromatic N) is 1. The molecule has 21 heavy (non-hydrogen) atoms. The van der Waals surface area contributed by atoms with E-state index in [1.54, 1.807) is 0 Å². The van der Waals surface area contributed by atoms with E-state index in [1.807, 2.05) is 0 Å². The summed E-state index contributed by atoms with van der Waals surface area (Å²) in [6, 6.07) is -0.241. The number of nitrogens with one attached hydrogen (secondary N) is 2. The zero-order valence-corrected chi connectivity index (χ0v) is 13.9. The average molecular weight is 297 g/mol. The van der Waals surface area contributed by atoms with E-state index in [0.717, 1.165) is 24.9 Å². The van der Waals surface area contributed by atoms with Crippen LogP contribution in [0.5, 0.6) is 0 Å². The van der Waals surface area contributed by atoms with Crippen molar-refractivity contribution in [2.45, 2.75) is 58.2 Å². The minimum Gasteiger partial charge on any atom is -0.392 e. The molecule has 0 aromatic rings. The fourth-order valence-corrected chi connectivity index (χ4v) is 3.61. The van der Waals surface area contributed by atoms with Gasteiger partial charge in [-0.25, -0.2) is 0 Å². The first-order valence-electron chi connectivity index (χ1n) is 8.22. The molecule has 122 valence electrons. The minimum absolute atomic E-state index is 0.0118. The summed E-state index contributed by atoms with van der Waals surface area (Å²) in [5.74, 6) is 1.45. The zero-order chi connectivity index (χ0) is 15.6. The molecule has 5 heteroatoms. The van der Waals surface area contributed by atoms with Gasteiger partial charge < -0.3 is 15.7 Å². The predicted octanol–water partition coefficient (Wildman–Crippen LogP) is 0.582. The average Bonchev–Trinajstić information content (AvgIpc) is 2.82. The maximum absolute atomic E-state index is 12.1. The van der Waals surface area contributed by atoms with Crippen LogP contribution in [0.2, 0.25) is 0 Å². The molecule has 0 aliphatic carbocycles. The fourth-order valence-electron chi connectivity index (χ4n) is 3.61. The molecule has 0 aromatic heterocycles. The Morgan fingerprint density at radius 3 is 2.43 bits per heavy atom. The van der Waals surface area contributed by atoms with Crippen molar-refractivity contribution in [1.82, 2.24) is 15.5 Å². The van der Waals surface area contributed by atoms with Gasteiger partial charge in [0, 0.05) is 31.7 Å². The topological polar surface area (TPSA) is 64.6 Å². The van der Waals surface area contributed by atoms with E-state index < -0.39 is 6.10 Å². The molecule has 2 heterocycles. The van der Waals surface area contributed by atoms with Gasteiger partial charge in [0.1, 0.15) is 0 Å². The van der Waals surface area contributed by atoms with Crippen molar-refractivity contribution in [3.8, 4) is 0 Å². The van der Waals surface area contributed by atoms with Crippen molar-refractivity contribution in [3.05, 3.63) is 0 Å². The number of amides is 1. The molecule has 2 fully saturated rings. The van der Waals surface area contributed by atoms with Crippen molar-refractivity contribution < 1.29 is 9.90 Å². The van der Waals surface area contributed by atoms with Crippen molar-refractivity contribution >= 4 is 5.91 Å². The Balaban J connectivity index is 1.84. The second kappa shape index (κ2) is 6.63. The Hall–Kier alpha value is -0.650. The third kappa shape index (κ3) is 4.41. The molecule has 0 radical (unpaired) electrons. The SMILES string of the molecule is CC1CC(C)CN(C(C)(C)CNC(=O)C2CC(O)CN2)C1. The van der Waals surface area contributed by atoms with E-state index in [9.17, 15) is 9.90 Å². The highest BCUT2D eigenvalue weighted by Crippen LogP contribution is 2.26. The number of hydrogen-bond acceptors (Lipinski definition) is 4. The van der Waals surface area contributed by atoms with E-state index >= 15 is 0 Å².